The molecule has 0 aliphatic heterocycles. The number of nitrogens with one attached hydrogen (secondary N) is 1. The standard InChI is InChI=1S/C29H35N3O5S/c1-5-19-30-29(34)23(3)31(20-24-17-15-22(2)16-18-24)28(33)21-32(26-13-9-10-14-27(26)37-4)38(35,36)25-11-7-6-8-12-25/h6-18,23H,5,19-21H2,1-4H3,(H,30,34). The molecule has 3 rings (SSSR count). The third-order valence-corrected chi connectivity index (χ3v) is 7.93. The van der Waals surface area contributed by atoms with Crippen LogP contribution in [0.15, 0.2) is 83.8 Å². The second-order valence-corrected chi connectivity index (χ2v) is 10.8. The smallest absolute Gasteiger partial charge is 0.264 e. The molecule has 2 amide bonds. The van der Waals surface area contributed by atoms with Crippen molar-refractivity contribution in [3.8, 4) is 5.75 Å². The molecule has 0 saturated carbocycles. The van der Waals surface area contributed by atoms with Gasteiger partial charge in [-0.05, 0) is 50.1 Å². The van der Waals surface area contributed by atoms with Gasteiger partial charge in [0.15, 0.2) is 0 Å². The summed E-state index contributed by atoms with van der Waals surface area (Å²) in [5, 5.41) is 2.84. The number of aryl methyl sites for hydroxylation is 1. The molecule has 1 N–H and O–H groups in total. The molecule has 0 aliphatic rings. The fourth-order valence-electron chi connectivity index (χ4n) is 3.94. The Morgan fingerprint density at radius 3 is 2.21 bits per heavy atom. The lowest BCUT2D eigenvalue weighted by Gasteiger charge is -2.32. The van der Waals surface area contributed by atoms with Crippen molar-refractivity contribution < 1.29 is 22.7 Å². The molecule has 8 nitrogen and oxygen atoms in total. The summed E-state index contributed by atoms with van der Waals surface area (Å²) < 4.78 is 34.1. The van der Waals surface area contributed by atoms with Crippen LogP contribution in [0, 0.1) is 6.92 Å². The van der Waals surface area contributed by atoms with E-state index in [0.717, 1.165) is 21.9 Å². The Morgan fingerprint density at radius 1 is 0.947 bits per heavy atom. The third kappa shape index (κ3) is 6.92. The highest BCUT2D eigenvalue weighted by Gasteiger charge is 2.33. The predicted octanol–water partition coefficient (Wildman–Crippen LogP) is 4.14. The van der Waals surface area contributed by atoms with Crippen molar-refractivity contribution in [1.82, 2.24) is 10.2 Å². The van der Waals surface area contributed by atoms with E-state index < -0.39 is 28.5 Å². The predicted molar refractivity (Wildman–Crippen MR) is 148 cm³/mol. The number of nitrogens with zero attached hydrogens (tertiary/aromatic N) is 2. The van der Waals surface area contributed by atoms with Crippen LogP contribution < -0.4 is 14.4 Å². The van der Waals surface area contributed by atoms with Gasteiger partial charge in [0.1, 0.15) is 18.3 Å². The number of benzene rings is 3. The Bertz CT molecular complexity index is 1330. The minimum atomic E-state index is -4.15. The van der Waals surface area contributed by atoms with Gasteiger partial charge in [-0.1, -0.05) is 67.1 Å². The number of para-hydroxylation sites is 2. The van der Waals surface area contributed by atoms with Crippen molar-refractivity contribution in [3.05, 3.63) is 90.0 Å². The summed E-state index contributed by atoms with van der Waals surface area (Å²) in [5.74, 6) is -0.518. The molecular weight excluding hydrogens is 502 g/mol. The van der Waals surface area contributed by atoms with Gasteiger partial charge in [-0.2, -0.15) is 0 Å². The number of carbonyl (C=O) groups excluding carboxylic acids is 2. The molecular formula is C29H35N3O5S. The Kier molecular flexibility index (Phi) is 9.90. The highest BCUT2D eigenvalue weighted by molar-refractivity contribution is 7.92. The fourth-order valence-corrected chi connectivity index (χ4v) is 5.38. The second kappa shape index (κ2) is 13.1. The van der Waals surface area contributed by atoms with Gasteiger partial charge in [-0.15, -0.1) is 0 Å². The first-order chi connectivity index (χ1) is 18.2. The number of methoxy groups -OCH3 is 1. The van der Waals surface area contributed by atoms with Crippen molar-refractivity contribution in [2.45, 2.75) is 44.7 Å². The SMILES string of the molecule is CCCNC(=O)C(C)N(Cc1ccc(C)cc1)C(=O)CN(c1ccccc1OC)S(=O)(=O)c1ccccc1. The zero-order valence-corrected chi connectivity index (χ0v) is 23.1. The van der Waals surface area contributed by atoms with Gasteiger partial charge >= 0.3 is 0 Å². The van der Waals surface area contributed by atoms with Gasteiger partial charge in [-0.25, -0.2) is 8.42 Å². The number of carbonyl (C=O) groups is 2. The van der Waals surface area contributed by atoms with Gasteiger partial charge < -0.3 is 15.0 Å². The molecule has 0 fully saturated rings. The molecule has 0 aliphatic carbocycles. The van der Waals surface area contributed by atoms with Crippen LogP contribution in [0.2, 0.25) is 0 Å². The summed E-state index contributed by atoms with van der Waals surface area (Å²) in [6.45, 7) is 5.66. The Hall–Kier alpha value is -3.85. The van der Waals surface area contributed by atoms with Crippen LogP contribution in [0.3, 0.4) is 0 Å². The van der Waals surface area contributed by atoms with E-state index in [1.807, 2.05) is 38.1 Å². The lowest BCUT2D eigenvalue weighted by atomic mass is 10.1. The zero-order valence-electron chi connectivity index (χ0n) is 22.3. The topological polar surface area (TPSA) is 96.0 Å². The maximum Gasteiger partial charge on any atom is 0.264 e. The number of anilines is 1. The van der Waals surface area contributed by atoms with Crippen molar-refractivity contribution in [3.63, 3.8) is 0 Å². The maximum atomic E-state index is 13.9. The normalized spacial score (nSPS) is 11.9. The van der Waals surface area contributed by atoms with Crippen LogP contribution >= 0.6 is 0 Å². The molecule has 9 heteroatoms. The van der Waals surface area contributed by atoms with E-state index in [2.05, 4.69) is 5.32 Å². The number of amides is 2. The van der Waals surface area contributed by atoms with Crippen molar-refractivity contribution in [1.29, 1.82) is 0 Å². The fraction of sp³-hybridized carbons (Fsp3) is 0.310. The van der Waals surface area contributed by atoms with Crippen LogP contribution in [0.25, 0.3) is 0 Å². The average molecular weight is 538 g/mol. The second-order valence-electron chi connectivity index (χ2n) is 8.97. The highest BCUT2D eigenvalue weighted by Crippen LogP contribution is 2.32. The molecule has 0 saturated heterocycles. The summed E-state index contributed by atoms with van der Waals surface area (Å²) >= 11 is 0. The lowest BCUT2D eigenvalue weighted by Crippen LogP contribution is -2.51. The summed E-state index contributed by atoms with van der Waals surface area (Å²) in [4.78, 5) is 28.3. The average Bonchev–Trinajstić information content (AvgIpc) is 2.94. The van der Waals surface area contributed by atoms with Gasteiger partial charge in [0.05, 0.1) is 17.7 Å². The third-order valence-electron chi connectivity index (χ3n) is 6.15. The van der Waals surface area contributed by atoms with Crippen LogP contribution in [0.5, 0.6) is 5.75 Å². The maximum absolute atomic E-state index is 13.9. The largest absolute Gasteiger partial charge is 0.495 e. The Morgan fingerprint density at radius 2 is 1.58 bits per heavy atom. The van der Waals surface area contributed by atoms with Gasteiger partial charge in [-0.3, -0.25) is 13.9 Å². The first-order valence-electron chi connectivity index (χ1n) is 12.5. The Labute approximate surface area is 225 Å². The van der Waals surface area contributed by atoms with Crippen LogP contribution in [-0.2, 0) is 26.2 Å². The molecule has 0 bridgehead atoms. The Balaban J connectivity index is 2.04. The monoisotopic (exact) mass is 537 g/mol. The molecule has 0 spiro atoms. The molecule has 1 unspecified atom stereocenters. The molecule has 3 aromatic carbocycles. The van der Waals surface area contributed by atoms with E-state index in [-0.39, 0.29) is 23.0 Å². The number of rotatable bonds is 12. The lowest BCUT2D eigenvalue weighted by molar-refractivity contribution is -0.139. The molecule has 3 aromatic rings. The molecule has 0 aromatic heterocycles. The van der Waals surface area contributed by atoms with Crippen molar-refractivity contribution >= 4 is 27.5 Å². The van der Waals surface area contributed by atoms with E-state index in [9.17, 15) is 18.0 Å². The molecule has 0 radical (unpaired) electrons. The molecule has 202 valence electrons. The minimum absolute atomic E-state index is 0.0394. The van der Waals surface area contributed by atoms with E-state index in [0.29, 0.717) is 12.3 Å². The number of hydrogen-bond acceptors (Lipinski definition) is 5. The van der Waals surface area contributed by atoms with E-state index in [4.69, 9.17) is 4.74 Å². The minimum Gasteiger partial charge on any atom is -0.495 e. The van der Waals surface area contributed by atoms with Crippen molar-refractivity contribution in [2.75, 3.05) is 24.5 Å². The quantitative estimate of drug-likeness (QED) is 0.375. The van der Waals surface area contributed by atoms with E-state index in [1.54, 1.807) is 49.4 Å². The van der Waals surface area contributed by atoms with Crippen LogP contribution in [-0.4, -0.2) is 51.4 Å². The molecule has 0 heterocycles. The number of ether oxygens (including phenoxy) is 1. The highest BCUT2D eigenvalue weighted by atomic mass is 32.2. The molecule has 1 atom stereocenters. The number of sulfonamides is 1. The first-order valence-corrected chi connectivity index (χ1v) is 14.0. The molecule has 38 heavy (non-hydrogen) atoms. The number of hydrogen-bond donors (Lipinski definition) is 1. The van der Waals surface area contributed by atoms with Gasteiger partial charge in [0.2, 0.25) is 11.8 Å². The van der Waals surface area contributed by atoms with Crippen LogP contribution in [0.1, 0.15) is 31.4 Å². The van der Waals surface area contributed by atoms with Crippen molar-refractivity contribution in [2.24, 2.45) is 0 Å². The van der Waals surface area contributed by atoms with Gasteiger partial charge in [0, 0.05) is 13.1 Å². The first kappa shape index (κ1) is 28.7. The zero-order chi connectivity index (χ0) is 27.7. The summed E-state index contributed by atoms with van der Waals surface area (Å²) in [7, 11) is -2.71. The summed E-state index contributed by atoms with van der Waals surface area (Å²) in [6, 6.07) is 21.4. The van der Waals surface area contributed by atoms with E-state index in [1.165, 1.54) is 24.1 Å². The summed E-state index contributed by atoms with van der Waals surface area (Å²) in [6.07, 6.45) is 0.751. The summed E-state index contributed by atoms with van der Waals surface area (Å²) in [5.41, 5.74) is 2.12. The van der Waals surface area contributed by atoms with Crippen LogP contribution in [0.4, 0.5) is 5.69 Å². The van der Waals surface area contributed by atoms with E-state index >= 15 is 0 Å². The van der Waals surface area contributed by atoms with Gasteiger partial charge in [0.25, 0.3) is 10.0 Å².